The molecule has 1 fully saturated rings. The summed E-state index contributed by atoms with van der Waals surface area (Å²) in [5.41, 5.74) is 4.29. The van der Waals surface area contributed by atoms with Crippen LogP contribution in [0.25, 0.3) is 33.4 Å². The van der Waals surface area contributed by atoms with E-state index in [1.165, 1.54) is 18.2 Å². The van der Waals surface area contributed by atoms with Crippen LogP contribution in [0, 0.1) is 11.6 Å². The third kappa shape index (κ3) is 4.37. The van der Waals surface area contributed by atoms with Gasteiger partial charge in [-0.05, 0) is 60.9 Å². The Hall–Kier alpha value is -4.40. The van der Waals surface area contributed by atoms with Crippen molar-refractivity contribution in [1.29, 1.82) is 0 Å². The molecule has 0 saturated carbocycles. The fourth-order valence-corrected chi connectivity index (χ4v) is 5.46. The molecule has 0 spiro atoms. The topological polar surface area (TPSA) is 74.8 Å². The molecule has 6 rings (SSSR count). The number of hydrogen-bond donors (Lipinski definition) is 1. The van der Waals surface area contributed by atoms with Crippen molar-refractivity contribution in [2.24, 2.45) is 0 Å². The second kappa shape index (κ2) is 9.72. The highest BCUT2D eigenvalue weighted by Gasteiger charge is 2.30. The van der Waals surface area contributed by atoms with E-state index in [4.69, 9.17) is 8.83 Å². The standard InChI is InChI=1S/C30H28F2N4O3/c1-33-29(37)26-21-14-20(23(35(2)3)15-25(21)38-28(26)17-9-11-19(31)12-10-17)18-6-5-13-36(16-18)30-34-27-22(32)7-4-8-24(27)39-30/h4,7-12,14-15,18H,5-6,13,16H2,1-3H3,(H,33,37). The number of hydrogen-bond acceptors (Lipinski definition) is 6. The summed E-state index contributed by atoms with van der Waals surface area (Å²) in [5.74, 6) is -0.561. The highest BCUT2D eigenvalue weighted by atomic mass is 19.1. The van der Waals surface area contributed by atoms with E-state index in [-0.39, 0.29) is 23.2 Å². The third-order valence-corrected chi connectivity index (χ3v) is 7.37. The number of aromatic nitrogens is 1. The summed E-state index contributed by atoms with van der Waals surface area (Å²) in [6.45, 7) is 1.37. The molecule has 39 heavy (non-hydrogen) atoms. The van der Waals surface area contributed by atoms with Crippen LogP contribution >= 0.6 is 0 Å². The number of rotatable bonds is 5. The SMILES string of the molecule is CNC(=O)c1c(-c2ccc(F)cc2)oc2cc(N(C)C)c(C3CCCN(c4nc5c(F)cccc5o4)C3)cc12. The van der Waals surface area contributed by atoms with Gasteiger partial charge in [0.2, 0.25) is 0 Å². The Morgan fingerprint density at radius 2 is 1.87 bits per heavy atom. The minimum atomic E-state index is -0.407. The van der Waals surface area contributed by atoms with E-state index >= 15 is 0 Å². The Labute approximate surface area is 224 Å². The first-order valence-corrected chi connectivity index (χ1v) is 12.9. The largest absolute Gasteiger partial charge is 0.455 e. The second-order valence-corrected chi connectivity index (χ2v) is 10.1. The molecule has 1 N–H and O–H groups in total. The van der Waals surface area contributed by atoms with Crippen LogP contribution in [0.1, 0.15) is 34.7 Å². The van der Waals surface area contributed by atoms with Crippen molar-refractivity contribution < 1.29 is 22.4 Å². The van der Waals surface area contributed by atoms with Gasteiger partial charge in [-0.2, -0.15) is 4.98 Å². The summed E-state index contributed by atoms with van der Waals surface area (Å²) in [5, 5.41) is 3.41. The van der Waals surface area contributed by atoms with E-state index < -0.39 is 5.82 Å². The van der Waals surface area contributed by atoms with Crippen LogP contribution in [0.2, 0.25) is 0 Å². The summed E-state index contributed by atoms with van der Waals surface area (Å²) in [7, 11) is 5.52. The van der Waals surface area contributed by atoms with Crippen molar-refractivity contribution in [3.05, 3.63) is 77.4 Å². The van der Waals surface area contributed by atoms with Crippen LogP contribution in [0.4, 0.5) is 20.5 Å². The molecule has 1 atom stereocenters. The number of carbonyl (C=O) groups excluding carboxylic acids is 1. The van der Waals surface area contributed by atoms with Gasteiger partial charge in [0.25, 0.3) is 11.9 Å². The van der Waals surface area contributed by atoms with E-state index in [1.54, 1.807) is 31.3 Å². The maximum absolute atomic E-state index is 14.3. The number of anilines is 2. The lowest BCUT2D eigenvalue weighted by molar-refractivity contribution is 0.0964. The van der Waals surface area contributed by atoms with Gasteiger partial charge < -0.3 is 24.0 Å². The molecule has 2 aromatic heterocycles. The van der Waals surface area contributed by atoms with Gasteiger partial charge in [-0.25, -0.2) is 8.78 Å². The number of halogens is 2. The van der Waals surface area contributed by atoms with Crippen molar-refractivity contribution in [2.45, 2.75) is 18.8 Å². The van der Waals surface area contributed by atoms with Gasteiger partial charge in [-0.15, -0.1) is 0 Å². The van der Waals surface area contributed by atoms with Gasteiger partial charge in [0.15, 0.2) is 11.4 Å². The molecule has 3 aromatic carbocycles. The molecule has 0 bridgehead atoms. The molecule has 0 radical (unpaired) electrons. The second-order valence-electron chi connectivity index (χ2n) is 10.1. The quantitative estimate of drug-likeness (QED) is 0.286. The predicted octanol–water partition coefficient (Wildman–Crippen LogP) is 6.33. The molecule has 5 aromatic rings. The van der Waals surface area contributed by atoms with Gasteiger partial charge in [0.1, 0.15) is 22.7 Å². The van der Waals surface area contributed by atoms with E-state index in [0.29, 0.717) is 46.0 Å². The van der Waals surface area contributed by atoms with Crippen LogP contribution < -0.4 is 15.1 Å². The van der Waals surface area contributed by atoms with E-state index in [9.17, 15) is 13.6 Å². The maximum atomic E-state index is 14.3. The fraction of sp³-hybridized carbons (Fsp3) is 0.267. The Bertz CT molecular complexity index is 1690. The first-order chi connectivity index (χ1) is 18.8. The van der Waals surface area contributed by atoms with Gasteiger partial charge in [-0.1, -0.05) is 6.07 Å². The Balaban J connectivity index is 1.45. The maximum Gasteiger partial charge on any atom is 0.298 e. The Morgan fingerprint density at radius 1 is 1.08 bits per heavy atom. The lowest BCUT2D eigenvalue weighted by Gasteiger charge is -2.33. The van der Waals surface area contributed by atoms with Crippen LogP contribution in [-0.2, 0) is 0 Å². The van der Waals surface area contributed by atoms with E-state index in [1.807, 2.05) is 31.1 Å². The highest BCUT2D eigenvalue weighted by Crippen LogP contribution is 2.42. The number of piperidine rings is 1. The zero-order valence-electron chi connectivity index (χ0n) is 21.9. The average molecular weight is 531 g/mol. The summed E-state index contributed by atoms with van der Waals surface area (Å²) in [6.07, 6.45) is 1.82. The number of furan rings is 1. The molecule has 1 unspecified atom stereocenters. The number of amides is 1. The van der Waals surface area contributed by atoms with Gasteiger partial charge in [0, 0.05) is 62.9 Å². The zero-order valence-corrected chi connectivity index (χ0v) is 21.9. The molecule has 200 valence electrons. The van der Waals surface area contributed by atoms with Crippen LogP contribution in [0.3, 0.4) is 0 Å². The number of oxazole rings is 1. The van der Waals surface area contributed by atoms with Gasteiger partial charge in [-0.3, -0.25) is 4.79 Å². The van der Waals surface area contributed by atoms with Gasteiger partial charge >= 0.3 is 0 Å². The molecule has 0 aliphatic carbocycles. The Morgan fingerprint density at radius 3 is 2.59 bits per heavy atom. The van der Waals surface area contributed by atoms with Crippen molar-refractivity contribution in [2.75, 3.05) is 44.0 Å². The minimum absolute atomic E-state index is 0.0992. The smallest absolute Gasteiger partial charge is 0.298 e. The monoisotopic (exact) mass is 530 g/mol. The van der Waals surface area contributed by atoms with Crippen molar-refractivity contribution in [1.82, 2.24) is 10.3 Å². The molecular weight excluding hydrogens is 502 g/mol. The van der Waals surface area contributed by atoms with Crippen LogP contribution in [0.15, 0.2) is 63.4 Å². The van der Waals surface area contributed by atoms with Crippen molar-refractivity contribution in [3.8, 4) is 11.3 Å². The normalized spacial score (nSPS) is 15.7. The van der Waals surface area contributed by atoms with E-state index in [2.05, 4.69) is 15.2 Å². The molecule has 7 nitrogen and oxygen atoms in total. The van der Waals surface area contributed by atoms with Crippen LogP contribution in [0.5, 0.6) is 0 Å². The summed E-state index contributed by atoms with van der Waals surface area (Å²) >= 11 is 0. The molecule has 1 amide bonds. The summed E-state index contributed by atoms with van der Waals surface area (Å²) in [4.78, 5) is 21.6. The van der Waals surface area contributed by atoms with Crippen molar-refractivity contribution >= 4 is 39.7 Å². The molecule has 1 aliphatic rings. The molecule has 1 saturated heterocycles. The van der Waals surface area contributed by atoms with Crippen molar-refractivity contribution in [3.63, 3.8) is 0 Å². The minimum Gasteiger partial charge on any atom is -0.455 e. The molecule has 1 aliphatic heterocycles. The van der Waals surface area contributed by atoms with E-state index in [0.717, 1.165) is 30.6 Å². The molecule has 3 heterocycles. The highest BCUT2D eigenvalue weighted by molar-refractivity contribution is 6.11. The number of nitrogens with one attached hydrogen (secondary N) is 1. The lowest BCUT2D eigenvalue weighted by Crippen LogP contribution is -2.35. The summed E-state index contributed by atoms with van der Waals surface area (Å²) in [6, 6.07) is 15.0. The zero-order chi connectivity index (χ0) is 27.3. The first kappa shape index (κ1) is 24.9. The third-order valence-electron chi connectivity index (χ3n) is 7.37. The average Bonchev–Trinajstić information content (AvgIpc) is 3.55. The number of benzene rings is 3. The van der Waals surface area contributed by atoms with Crippen LogP contribution in [-0.4, -0.2) is 45.1 Å². The van der Waals surface area contributed by atoms with Gasteiger partial charge in [0.05, 0.1) is 5.56 Å². The predicted molar refractivity (Wildman–Crippen MR) is 147 cm³/mol. The molecular formula is C30H28F2N4O3. The summed E-state index contributed by atoms with van der Waals surface area (Å²) < 4.78 is 40.0. The number of para-hydroxylation sites is 1. The first-order valence-electron chi connectivity index (χ1n) is 12.9. The number of nitrogens with zero attached hydrogens (tertiary/aromatic N) is 3. The fourth-order valence-electron chi connectivity index (χ4n) is 5.46. The molecule has 9 heteroatoms. The Kier molecular flexibility index (Phi) is 6.21. The lowest BCUT2D eigenvalue weighted by atomic mass is 9.88. The number of carbonyl (C=O) groups is 1. The number of fused-ring (bicyclic) bond motifs is 2.